The van der Waals surface area contributed by atoms with Gasteiger partial charge in [-0.3, -0.25) is 24.7 Å². The Bertz CT molecular complexity index is 1450. The predicted octanol–water partition coefficient (Wildman–Crippen LogP) is 4.86. The highest BCUT2D eigenvalue weighted by atomic mass is 16.5. The highest BCUT2D eigenvalue weighted by Crippen LogP contribution is 2.30. The number of carbonyl (C=O) groups is 4. The molecule has 1 fully saturated rings. The molecule has 1 unspecified atom stereocenters. The van der Waals surface area contributed by atoms with Crippen LogP contribution in [0.2, 0.25) is 0 Å². The fourth-order valence-electron chi connectivity index (χ4n) is 4.94. The first kappa shape index (κ1) is 32.0. The molecule has 44 heavy (non-hydrogen) atoms. The summed E-state index contributed by atoms with van der Waals surface area (Å²) in [6.07, 6.45) is 2.52. The van der Waals surface area contributed by atoms with Crippen LogP contribution in [-0.2, 0) is 20.9 Å². The molecule has 0 spiro atoms. The minimum absolute atomic E-state index is 0.0682. The van der Waals surface area contributed by atoms with E-state index in [-0.39, 0.29) is 29.9 Å². The molecule has 3 N–H and O–H groups in total. The lowest BCUT2D eigenvalue weighted by molar-refractivity contribution is -0.137. The van der Waals surface area contributed by atoms with Crippen LogP contribution in [0, 0.1) is 5.41 Å². The van der Waals surface area contributed by atoms with Crippen LogP contribution in [0.15, 0.2) is 73.1 Å². The molecule has 0 aliphatic carbocycles. The third-order valence-electron chi connectivity index (χ3n) is 7.13. The van der Waals surface area contributed by atoms with Gasteiger partial charge in [-0.25, -0.2) is 4.79 Å². The second-order valence-electron chi connectivity index (χ2n) is 11.9. The van der Waals surface area contributed by atoms with Gasteiger partial charge in [0.25, 0.3) is 5.91 Å². The van der Waals surface area contributed by atoms with E-state index in [0.29, 0.717) is 49.5 Å². The molecular formula is C33H39N5O6. The molecule has 2 aromatic carbocycles. The number of rotatable bonds is 10. The summed E-state index contributed by atoms with van der Waals surface area (Å²) >= 11 is 0. The maximum absolute atomic E-state index is 13.4. The van der Waals surface area contributed by atoms with E-state index in [1.165, 1.54) is 6.20 Å². The second-order valence-corrected chi connectivity index (χ2v) is 11.9. The summed E-state index contributed by atoms with van der Waals surface area (Å²) in [6, 6.07) is 16.8. The number of aliphatic carboxylic acids is 1. The van der Waals surface area contributed by atoms with Crippen LogP contribution in [0.5, 0.6) is 0 Å². The minimum atomic E-state index is -1.07. The van der Waals surface area contributed by atoms with Gasteiger partial charge in [-0.15, -0.1) is 0 Å². The number of anilines is 2. The number of aromatic nitrogens is 1. The van der Waals surface area contributed by atoms with Crippen LogP contribution in [0.25, 0.3) is 0 Å². The van der Waals surface area contributed by atoms with Gasteiger partial charge < -0.3 is 25.0 Å². The number of amides is 3. The Morgan fingerprint density at radius 1 is 0.977 bits per heavy atom. The van der Waals surface area contributed by atoms with Crippen LogP contribution in [0.4, 0.5) is 16.2 Å². The maximum atomic E-state index is 13.4. The molecule has 11 heteroatoms. The summed E-state index contributed by atoms with van der Waals surface area (Å²) in [6.45, 7) is 8.30. The van der Waals surface area contributed by atoms with Gasteiger partial charge in [0.15, 0.2) is 0 Å². The fraction of sp³-hybridized carbons (Fsp3) is 0.364. The normalized spacial score (nSPS) is 14.0. The Morgan fingerprint density at radius 2 is 1.70 bits per heavy atom. The van der Waals surface area contributed by atoms with Crippen molar-refractivity contribution < 1.29 is 29.0 Å². The standard InChI is InChI=1S/C33H39N5O6/c1-33(2,3)20-29(39)38-16-14-37(15-17-38)28-12-11-24(18-27(28)36-32(43)44-22-23-8-5-4-6-9-23)31(42)35-26(19-30(40)41)25-10-7-13-34-21-25/h4-13,18,21,26H,14-17,19-20,22H2,1-3H3,(H,35,42)(H,36,43)(H,40,41). The Labute approximate surface area is 257 Å². The first-order valence-corrected chi connectivity index (χ1v) is 14.6. The van der Waals surface area contributed by atoms with Gasteiger partial charge in [0.05, 0.1) is 23.8 Å². The smallest absolute Gasteiger partial charge is 0.412 e. The summed E-state index contributed by atoms with van der Waals surface area (Å²) in [5.74, 6) is -1.47. The molecule has 3 amide bonds. The van der Waals surface area contributed by atoms with Crippen LogP contribution in [-0.4, -0.2) is 65.0 Å². The van der Waals surface area contributed by atoms with Crippen molar-refractivity contribution in [3.05, 3.63) is 89.7 Å². The summed E-state index contributed by atoms with van der Waals surface area (Å²) in [5.41, 5.74) is 2.54. The zero-order valence-corrected chi connectivity index (χ0v) is 25.3. The Morgan fingerprint density at radius 3 is 2.34 bits per heavy atom. The van der Waals surface area contributed by atoms with Gasteiger partial charge in [0.2, 0.25) is 5.91 Å². The summed E-state index contributed by atoms with van der Waals surface area (Å²) in [5, 5.41) is 15.0. The first-order chi connectivity index (χ1) is 21.0. The number of pyridine rings is 1. The zero-order chi connectivity index (χ0) is 31.7. The molecule has 0 radical (unpaired) electrons. The van der Waals surface area contributed by atoms with Gasteiger partial charge in [0, 0.05) is 50.6 Å². The van der Waals surface area contributed by atoms with E-state index in [0.717, 1.165) is 5.56 Å². The van der Waals surface area contributed by atoms with Crippen molar-refractivity contribution in [1.29, 1.82) is 0 Å². The summed E-state index contributed by atoms with van der Waals surface area (Å²) in [7, 11) is 0. The van der Waals surface area contributed by atoms with Crippen molar-refractivity contribution in [1.82, 2.24) is 15.2 Å². The third-order valence-corrected chi connectivity index (χ3v) is 7.13. The van der Waals surface area contributed by atoms with Crippen molar-refractivity contribution in [2.24, 2.45) is 5.41 Å². The Kier molecular flexibility index (Phi) is 10.5. The van der Waals surface area contributed by atoms with E-state index >= 15 is 0 Å². The van der Waals surface area contributed by atoms with Crippen molar-refractivity contribution in [3.8, 4) is 0 Å². The molecule has 1 atom stereocenters. The molecule has 0 saturated carbocycles. The highest BCUT2D eigenvalue weighted by molar-refractivity contribution is 5.99. The number of benzene rings is 2. The average Bonchev–Trinajstić information content (AvgIpc) is 2.99. The highest BCUT2D eigenvalue weighted by Gasteiger charge is 2.27. The largest absolute Gasteiger partial charge is 0.481 e. The number of carboxylic acid groups (broad SMARTS) is 1. The molecule has 2 heterocycles. The zero-order valence-electron chi connectivity index (χ0n) is 25.3. The number of carboxylic acids is 1. The van der Waals surface area contributed by atoms with Gasteiger partial charge in [-0.05, 0) is 40.8 Å². The van der Waals surface area contributed by atoms with Crippen LogP contribution >= 0.6 is 0 Å². The summed E-state index contributed by atoms with van der Waals surface area (Å²) < 4.78 is 5.44. The van der Waals surface area contributed by atoms with Crippen LogP contribution in [0.3, 0.4) is 0 Å². The number of carbonyl (C=O) groups excluding carboxylic acids is 3. The number of hydrogen-bond donors (Lipinski definition) is 3. The van der Waals surface area contributed by atoms with Crippen molar-refractivity contribution >= 4 is 35.3 Å². The van der Waals surface area contributed by atoms with Crippen LogP contribution in [0.1, 0.15) is 61.1 Å². The van der Waals surface area contributed by atoms with Gasteiger partial charge in [-0.2, -0.15) is 0 Å². The van der Waals surface area contributed by atoms with Gasteiger partial charge in [-0.1, -0.05) is 57.2 Å². The van der Waals surface area contributed by atoms with E-state index in [2.05, 4.69) is 20.5 Å². The van der Waals surface area contributed by atoms with Crippen LogP contribution < -0.4 is 15.5 Å². The lowest BCUT2D eigenvalue weighted by Gasteiger charge is -2.38. The molecule has 11 nitrogen and oxygen atoms in total. The van der Waals surface area contributed by atoms with Gasteiger partial charge >= 0.3 is 12.1 Å². The number of hydrogen-bond acceptors (Lipinski definition) is 7. The lowest BCUT2D eigenvalue weighted by atomic mass is 9.91. The molecule has 1 aliphatic heterocycles. The molecule has 1 aromatic heterocycles. The van der Waals surface area contributed by atoms with Crippen molar-refractivity contribution in [2.45, 2.75) is 46.3 Å². The molecule has 232 valence electrons. The maximum Gasteiger partial charge on any atom is 0.412 e. The predicted molar refractivity (Wildman–Crippen MR) is 166 cm³/mol. The first-order valence-electron chi connectivity index (χ1n) is 14.6. The van der Waals surface area contributed by atoms with E-state index in [1.807, 2.05) is 56.0 Å². The molecule has 3 aromatic rings. The number of ether oxygens (including phenoxy) is 1. The number of nitrogens with one attached hydrogen (secondary N) is 2. The van der Waals surface area contributed by atoms with Gasteiger partial charge in [0.1, 0.15) is 6.61 Å². The quantitative estimate of drug-likeness (QED) is 0.299. The Balaban J connectivity index is 1.53. The third kappa shape index (κ3) is 9.29. The van der Waals surface area contributed by atoms with E-state index in [9.17, 15) is 24.3 Å². The van der Waals surface area contributed by atoms with E-state index in [1.54, 1.807) is 36.5 Å². The van der Waals surface area contributed by atoms with E-state index in [4.69, 9.17) is 4.74 Å². The number of nitrogens with zero attached hydrogens (tertiary/aromatic N) is 3. The molecule has 4 rings (SSSR count). The monoisotopic (exact) mass is 601 g/mol. The summed E-state index contributed by atoms with van der Waals surface area (Å²) in [4.78, 5) is 58.5. The average molecular weight is 602 g/mol. The Hall–Kier alpha value is -4.93. The van der Waals surface area contributed by atoms with E-state index < -0.39 is 24.0 Å². The molecule has 1 saturated heterocycles. The second kappa shape index (κ2) is 14.5. The number of piperazine rings is 1. The molecule has 1 aliphatic rings. The van der Waals surface area contributed by atoms with Crippen molar-refractivity contribution in [2.75, 3.05) is 36.4 Å². The topological polar surface area (TPSA) is 141 Å². The molecular weight excluding hydrogens is 562 g/mol. The SMILES string of the molecule is CC(C)(C)CC(=O)N1CCN(c2ccc(C(=O)NC(CC(=O)O)c3cccnc3)cc2NC(=O)OCc2ccccc2)CC1. The lowest BCUT2D eigenvalue weighted by Crippen LogP contribution is -2.49. The fourth-order valence-corrected chi connectivity index (χ4v) is 4.94. The minimum Gasteiger partial charge on any atom is -0.481 e. The molecule has 0 bridgehead atoms. The van der Waals surface area contributed by atoms with Crippen molar-refractivity contribution in [3.63, 3.8) is 0 Å².